The second kappa shape index (κ2) is 10.2. The molecule has 0 amide bonds. The van der Waals surface area contributed by atoms with E-state index < -0.39 is 17.7 Å². The Morgan fingerprint density at radius 1 is 1.03 bits per heavy atom. The lowest BCUT2D eigenvalue weighted by molar-refractivity contribution is -0.138. The average molecular weight is 593 g/mol. The van der Waals surface area contributed by atoms with E-state index in [1.54, 1.807) is 36.2 Å². The van der Waals surface area contributed by atoms with Crippen LogP contribution in [0, 0.1) is 3.57 Å². The Kier molecular flexibility index (Phi) is 7.22. The van der Waals surface area contributed by atoms with Crippen LogP contribution in [0.4, 0.5) is 13.2 Å². The SMILES string of the molecule is CN(CC(=O)O)Cc1ccc(-c2noc(-c3ccc(-c4ccccc4C(F)(F)F)c(I)c3)n2)cc1. The lowest BCUT2D eigenvalue weighted by Crippen LogP contribution is -2.25. The monoisotopic (exact) mass is 593 g/mol. The molecule has 0 bridgehead atoms. The van der Waals surface area contributed by atoms with Gasteiger partial charge in [0.1, 0.15) is 0 Å². The van der Waals surface area contributed by atoms with Gasteiger partial charge in [0.2, 0.25) is 5.82 Å². The Morgan fingerprint density at radius 2 is 1.71 bits per heavy atom. The Bertz CT molecular complexity index is 1350. The third kappa shape index (κ3) is 5.88. The van der Waals surface area contributed by atoms with Gasteiger partial charge < -0.3 is 9.63 Å². The van der Waals surface area contributed by atoms with Crippen molar-refractivity contribution in [2.75, 3.05) is 13.6 Å². The van der Waals surface area contributed by atoms with Crippen LogP contribution in [-0.2, 0) is 17.5 Å². The Morgan fingerprint density at radius 3 is 2.37 bits per heavy atom. The van der Waals surface area contributed by atoms with E-state index in [1.165, 1.54) is 12.1 Å². The molecule has 3 aromatic carbocycles. The number of rotatable bonds is 7. The van der Waals surface area contributed by atoms with Crippen LogP contribution in [0.25, 0.3) is 34.0 Å². The van der Waals surface area contributed by atoms with Crippen molar-refractivity contribution in [2.45, 2.75) is 12.7 Å². The normalized spacial score (nSPS) is 11.7. The van der Waals surface area contributed by atoms with Crippen molar-refractivity contribution in [1.29, 1.82) is 0 Å². The first kappa shape index (κ1) is 24.9. The first-order valence-electron chi connectivity index (χ1n) is 10.4. The number of carboxylic acid groups (broad SMARTS) is 1. The molecule has 180 valence electrons. The molecular weight excluding hydrogens is 574 g/mol. The molecule has 10 heteroatoms. The summed E-state index contributed by atoms with van der Waals surface area (Å²) < 4.78 is 46.4. The summed E-state index contributed by atoms with van der Waals surface area (Å²) in [5.41, 5.74) is 2.12. The van der Waals surface area contributed by atoms with E-state index in [0.29, 0.717) is 27.1 Å². The van der Waals surface area contributed by atoms with Crippen molar-refractivity contribution in [3.8, 4) is 34.0 Å². The molecule has 4 rings (SSSR count). The fraction of sp³-hybridized carbons (Fsp3) is 0.160. The van der Waals surface area contributed by atoms with Crippen molar-refractivity contribution in [2.24, 2.45) is 0 Å². The van der Waals surface area contributed by atoms with E-state index >= 15 is 0 Å². The third-order valence-electron chi connectivity index (χ3n) is 5.23. The fourth-order valence-corrected chi connectivity index (χ4v) is 4.45. The molecule has 0 unspecified atom stereocenters. The lowest BCUT2D eigenvalue weighted by atomic mass is 9.98. The second-order valence-corrected chi connectivity index (χ2v) is 9.09. The van der Waals surface area contributed by atoms with E-state index in [4.69, 9.17) is 9.63 Å². The second-order valence-electron chi connectivity index (χ2n) is 7.92. The first-order valence-corrected chi connectivity index (χ1v) is 11.5. The fourth-order valence-electron chi connectivity index (χ4n) is 3.65. The van der Waals surface area contributed by atoms with E-state index in [-0.39, 0.29) is 18.0 Å². The highest BCUT2D eigenvalue weighted by molar-refractivity contribution is 14.1. The van der Waals surface area contributed by atoms with Gasteiger partial charge in [0.05, 0.1) is 12.1 Å². The molecule has 0 saturated heterocycles. The number of benzene rings is 3. The van der Waals surface area contributed by atoms with Crippen molar-refractivity contribution in [3.05, 3.63) is 81.4 Å². The zero-order valence-corrected chi connectivity index (χ0v) is 20.5. The van der Waals surface area contributed by atoms with E-state index in [0.717, 1.165) is 17.2 Å². The van der Waals surface area contributed by atoms with Crippen LogP contribution in [0.5, 0.6) is 0 Å². The van der Waals surface area contributed by atoms with Gasteiger partial charge in [-0.1, -0.05) is 53.7 Å². The van der Waals surface area contributed by atoms with Gasteiger partial charge in [-0.25, -0.2) is 0 Å². The summed E-state index contributed by atoms with van der Waals surface area (Å²) in [5.74, 6) is -0.276. The molecule has 0 aliphatic heterocycles. The summed E-state index contributed by atoms with van der Waals surface area (Å²) >= 11 is 2.00. The molecule has 4 aromatic rings. The number of carboxylic acids is 1. The quantitative estimate of drug-likeness (QED) is 0.257. The van der Waals surface area contributed by atoms with Gasteiger partial charge in [-0.05, 0) is 64.5 Å². The standard InChI is InChI=1S/C25H19F3IN3O3/c1-32(14-22(33)34)13-15-6-8-16(9-7-15)23-30-24(35-31-23)17-10-11-19(21(29)12-17)18-4-2-3-5-20(18)25(26,27)28/h2-12H,13-14H2,1H3,(H,33,34). The number of halogens is 4. The van der Waals surface area contributed by atoms with E-state index in [1.807, 2.05) is 46.9 Å². The number of carbonyl (C=O) groups is 1. The highest BCUT2D eigenvalue weighted by atomic mass is 127. The van der Waals surface area contributed by atoms with E-state index in [2.05, 4.69) is 10.1 Å². The minimum Gasteiger partial charge on any atom is -0.480 e. The lowest BCUT2D eigenvalue weighted by Gasteiger charge is -2.14. The van der Waals surface area contributed by atoms with Crippen molar-refractivity contribution in [1.82, 2.24) is 15.0 Å². The van der Waals surface area contributed by atoms with Crippen molar-refractivity contribution < 1.29 is 27.6 Å². The number of nitrogens with zero attached hydrogens (tertiary/aromatic N) is 3. The molecule has 0 aliphatic carbocycles. The maximum absolute atomic E-state index is 13.4. The largest absolute Gasteiger partial charge is 0.480 e. The van der Waals surface area contributed by atoms with Crippen LogP contribution >= 0.6 is 22.6 Å². The Balaban J connectivity index is 1.55. The predicted molar refractivity (Wildman–Crippen MR) is 132 cm³/mol. The molecule has 0 aliphatic rings. The van der Waals surface area contributed by atoms with Gasteiger partial charge >= 0.3 is 12.1 Å². The van der Waals surface area contributed by atoms with Crippen LogP contribution in [0.15, 0.2) is 71.3 Å². The van der Waals surface area contributed by atoms with Gasteiger partial charge in [-0.15, -0.1) is 0 Å². The average Bonchev–Trinajstić information content (AvgIpc) is 3.29. The third-order valence-corrected chi connectivity index (χ3v) is 6.13. The molecule has 0 atom stereocenters. The Labute approximate surface area is 212 Å². The van der Waals surface area contributed by atoms with Crippen LogP contribution in [0.2, 0.25) is 0 Å². The maximum atomic E-state index is 13.4. The maximum Gasteiger partial charge on any atom is 0.417 e. The highest BCUT2D eigenvalue weighted by Gasteiger charge is 2.33. The topological polar surface area (TPSA) is 79.5 Å². The van der Waals surface area contributed by atoms with Crippen LogP contribution in [0.1, 0.15) is 11.1 Å². The summed E-state index contributed by atoms with van der Waals surface area (Å²) in [6.45, 7) is 0.418. The van der Waals surface area contributed by atoms with Crippen LogP contribution in [0.3, 0.4) is 0 Å². The van der Waals surface area contributed by atoms with Gasteiger partial charge in [0.15, 0.2) is 0 Å². The molecule has 1 N–H and O–H groups in total. The molecule has 1 heterocycles. The summed E-state index contributed by atoms with van der Waals surface area (Å²) in [6.07, 6.45) is -4.46. The number of alkyl halides is 3. The smallest absolute Gasteiger partial charge is 0.417 e. The summed E-state index contributed by atoms with van der Waals surface area (Å²) in [6, 6.07) is 17.8. The number of aromatic nitrogens is 2. The van der Waals surface area contributed by atoms with Gasteiger partial charge in [-0.2, -0.15) is 18.2 Å². The van der Waals surface area contributed by atoms with Crippen LogP contribution < -0.4 is 0 Å². The summed E-state index contributed by atoms with van der Waals surface area (Å²) in [4.78, 5) is 16.9. The predicted octanol–water partition coefficient (Wildman–Crippen LogP) is 6.21. The van der Waals surface area contributed by atoms with Gasteiger partial charge in [0, 0.05) is 21.2 Å². The molecule has 0 spiro atoms. The minimum absolute atomic E-state index is 0.0602. The summed E-state index contributed by atoms with van der Waals surface area (Å²) in [7, 11) is 1.72. The van der Waals surface area contributed by atoms with Crippen molar-refractivity contribution >= 4 is 28.6 Å². The first-order chi connectivity index (χ1) is 16.6. The molecule has 6 nitrogen and oxygen atoms in total. The molecule has 0 radical (unpaired) electrons. The molecular formula is C25H19F3IN3O3. The molecule has 0 saturated carbocycles. The number of hydrogen-bond donors (Lipinski definition) is 1. The minimum atomic E-state index is -4.46. The zero-order chi connectivity index (χ0) is 25.2. The zero-order valence-electron chi connectivity index (χ0n) is 18.4. The van der Waals surface area contributed by atoms with Crippen molar-refractivity contribution in [3.63, 3.8) is 0 Å². The molecule has 0 fully saturated rings. The van der Waals surface area contributed by atoms with Gasteiger partial charge in [-0.3, -0.25) is 9.69 Å². The highest BCUT2D eigenvalue weighted by Crippen LogP contribution is 2.39. The van der Waals surface area contributed by atoms with E-state index in [9.17, 15) is 18.0 Å². The van der Waals surface area contributed by atoms with Crippen LogP contribution in [-0.4, -0.2) is 39.7 Å². The number of likely N-dealkylation sites (N-methyl/N-ethyl adjacent to an activating group) is 1. The Hall–Kier alpha value is -3.25. The number of hydrogen-bond acceptors (Lipinski definition) is 5. The number of aliphatic carboxylic acids is 1. The summed E-state index contributed by atoms with van der Waals surface area (Å²) in [5, 5.41) is 12.9. The van der Waals surface area contributed by atoms with Gasteiger partial charge in [0.25, 0.3) is 5.89 Å². The molecule has 1 aromatic heterocycles. The molecule has 35 heavy (non-hydrogen) atoms.